The van der Waals surface area contributed by atoms with Gasteiger partial charge in [-0.15, -0.1) is 0 Å². The zero-order valence-electron chi connectivity index (χ0n) is 15.6. The van der Waals surface area contributed by atoms with Gasteiger partial charge in [-0.3, -0.25) is 14.0 Å². The summed E-state index contributed by atoms with van der Waals surface area (Å²) in [6.07, 6.45) is 4.43. The molecule has 4 aromatic rings. The average Bonchev–Trinajstić information content (AvgIpc) is 3.36. The number of imidazole rings is 1. The summed E-state index contributed by atoms with van der Waals surface area (Å²) in [7, 11) is 0. The Morgan fingerprint density at radius 3 is 2.72 bits per heavy atom. The zero-order chi connectivity index (χ0) is 20.0. The number of carbonyl (C=O) groups is 2. The van der Waals surface area contributed by atoms with Gasteiger partial charge in [0.05, 0.1) is 5.69 Å². The Morgan fingerprint density at radius 2 is 1.93 bits per heavy atom. The van der Waals surface area contributed by atoms with E-state index in [1.54, 1.807) is 18.3 Å². The molecule has 0 aliphatic carbocycles. The Morgan fingerprint density at radius 1 is 1.10 bits per heavy atom. The highest BCUT2D eigenvalue weighted by Crippen LogP contribution is 2.27. The highest BCUT2D eigenvalue weighted by atomic mass is 16.2. The lowest BCUT2D eigenvalue weighted by Crippen LogP contribution is -2.12. The Hall–Kier alpha value is -3.93. The molecule has 0 unspecified atom stereocenters. The molecule has 0 radical (unpaired) electrons. The molecule has 0 saturated carbocycles. The van der Waals surface area contributed by atoms with Crippen molar-refractivity contribution in [2.75, 3.05) is 0 Å². The standard InChI is InChI=1S/C23H18N4O2/c24-21(28)15-3-1-14(2-4-15)11-17-6-8-20(27-10-9-25-22(17)27)16-5-7-19-18(12-16)13-26-23(19)29/h1-10,12H,11,13H2,(H2,24,28)(H,26,29). The Bertz CT molecular complexity index is 1270. The largest absolute Gasteiger partial charge is 0.366 e. The van der Waals surface area contributed by atoms with Crippen molar-refractivity contribution in [3.05, 3.63) is 94.8 Å². The first-order valence-electron chi connectivity index (χ1n) is 9.35. The molecule has 1 aliphatic heterocycles. The summed E-state index contributed by atoms with van der Waals surface area (Å²) in [5.74, 6) is -0.445. The van der Waals surface area contributed by atoms with Crippen LogP contribution in [0.5, 0.6) is 0 Å². The first kappa shape index (κ1) is 17.2. The molecule has 0 saturated heterocycles. The lowest BCUT2D eigenvalue weighted by Gasteiger charge is -2.11. The summed E-state index contributed by atoms with van der Waals surface area (Å²) in [5, 5.41) is 2.86. The van der Waals surface area contributed by atoms with Gasteiger partial charge in [0.2, 0.25) is 5.91 Å². The first-order chi connectivity index (χ1) is 14.1. The molecule has 2 aromatic carbocycles. The van der Waals surface area contributed by atoms with Crippen LogP contribution in [0.15, 0.2) is 67.0 Å². The van der Waals surface area contributed by atoms with Crippen molar-refractivity contribution in [1.29, 1.82) is 0 Å². The highest BCUT2D eigenvalue weighted by molar-refractivity contribution is 5.98. The lowest BCUT2D eigenvalue weighted by atomic mass is 10.0. The number of nitrogens with zero attached hydrogens (tertiary/aromatic N) is 2. The Labute approximate surface area is 167 Å². The molecule has 6 nitrogen and oxygen atoms in total. The van der Waals surface area contributed by atoms with Crippen LogP contribution in [0.4, 0.5) is 0 Å². The van der Waals surface area contributed by atoms with Gasteiger partial charge in [0.25, 0.3) is 5.91 Å². The van der Waals surface area contributed by atoms with Crippen molar-refractivity contribution in [3.63, 3.8) is 0 Å². The van der Waals surface area contributed by atoms with E-state index in [-0.39, 0.29) is 5.91 Å². The van der Waals surface area contributed by atoms with Crippen LogP contribution in [0.3, 0.4) is 0 Å². The van der Waals surface area contributed by atoms with E-state index in [1.165, 1.54) is 0 Å². The van der Waals surface area contributed by atoms with Gasteiger partial charge in [-0.25, -0.2) is 4.98 Å². The van der Waals surface area contributed by atoms with Crippen molar-refractivity contribution in [2.24, 2.45) is 5.73 Å². The van der Waals surface area contributed by atoms with Gasteiger partial charge >= 0.3 is 0 Å². The molecule has 0 spiro atoms. The van der Waals surface area contributed by atoms with Gasteiger partial charge in [-0.2, -0.15) is 0 Å². The van der Waals surface area contributed by atoms with Crippen molar-refractivity contribution < 1.29 is 9.59 Å². The van der Waals surface area contributed by atoms with Crippen LogP contribution in [-0.4, -0.2) is 21.2 Å². The third-order valence-electron chi connectivity index (χ3n) is 5.35. The second kappa shape index (κ2) is 6.60. The zero-order valence-corrected chi connectivity index (χ0v) is 15.6. The van der Waals surface area contributed by atoms with Gasteiger partial charge in [-0.05, 0) is 52.6 Å². The second-order valence-corrected chi connectivity index (χ2v) is 7.16. The Balaban J connectivity index is 1.52. The molecule has 5 rings (SSSR count). The number of rotatable bonds is 4. The Kier molecular flexibility index (Phi) is 3.91. The summed E-state index contributed by atoms with van der Waals surface area (Å²) >= 11 is 0. The normalized spacial score (nSPS) is 12.8. The molecule has 0 fully saturated rings. The molecule has 142 valence electrons. The van der Waals surface area contributed by atoms with E-state index < -0.39 is 5.91 Å². The van der Waals surface area contributed by atoms with Crippen LogP contribution in [0.2, 0.25) is 0 Å². The fraction of sp³-hybridized carbons (Fsp3) is 0.0870. The number of amides is 2. The second-order valence-electron chi connectivity index (χ2n) is 7.16. The molecule has 3 N–H and O–H groups in total. The number of nitrogens with two attached hydrogens (primary N) is 1. The monoisotopic (exact) mass is 382 g/mol. The molecule has 2 amide bonds. The van der Waals surface area contributed by atoms with Crippen LogP contribution in [0.25, 0.3) is 16.9 Å². The maximum atomic E-state index is 11.8. The summed E-state index contributed by atoms with van der Waals surface area (Å²) in [4.78, 5) is 27.6. The minimum Gasteiger partial charge on any atom is -0.366 e. The molecular weight excluding hydrogens is 364 g/mol. The van der Waals surface area contributed by atoms with E-state index in [0.717, 1.165) is 39.2 Å². The van der Waals surface area contributed by atoms with Gasteiger partial charge in [0.15, 0.2) is 0 Å². The van der Waals surface area contributed by atoms with E-state index in [1.807, 2.05) is 30.5 Å². The molecule has 29 heavy (non-hydrogen) atoms. The number of primary amides is 1. The minimum absolute atomic E-state index is 0.0166. The van der Waals surface area contributed by atoms with Crippen LogP contribution >= 0.6 is 0 Å². The molecule has 2 aromatic heterocycles. The topological polar surface area (TPSA) is 89.5 Å². The number of pyridine rings is 1. The van der Waals surface area contributed by atoms with Crippen molar-refractivity contribution in [3.8, 4) is 11.3 Å². The molecule has 0 atom stereocenters. The first-order valence-corrected chi connectivity index (χ1v) is 9.35. The fourth-order valence-corrected chi connectivity index (χ4v) is 3.84. The van der Waals surface area contributed by atoms with Crippen molar-refractivity contribution in [1.82, 2.24) is 14.7 Å². The van der Waals surface area contributed by atoms with Crippen LogP contribution in [0, 0.1) is 0 Å². The predicted octanol–water partition coefficient (Wildman–Crippen LogP) is 2.93. The quantitative estimate of drug-likeness (QED) is 0.569. The third-order valence-corrected chi connectivity index (χ3v) is 5.35. The number of nitrogens with one attached hydrogen (secondary N) is 1. The fourth-order valence-electron chi connectivity index (χ4n) is 3.84. The van der Waals surface area contributed by atoms with Gasteiger partial charge in [-0.1, -0.05) is 24.3 Å². The van der Waals surface area contributed by atoms with Crippen molar-refractivity contribution in [2.45, 2.75) is 13.0 Å². The van der Waals surface area contributed by atoms with E-state index in [9.17, 15) is 9.59 Å². The number of fused-ring (bicyclic) bond motifs is 2. The van der Waals surface area contributed by atoms with E-state index in [2.05, 4.69) is 32.9 Å². The van der Waals surface area contributed by atoms with Crippen LogP contribution in [0.1, 0.15) is 37.4 Å². The van der Waals surface area contributed by atoms with Crippen molar-refractivity contribution >= 4 is 17.5 Å². The minimum atomic E-state index is -0.428. The smallest absolute Gasteiger partial charge is 0.251 e. The molecule has 1 aliphatic rings. The molecule has 0 bridgehead atoms. The van der Waals surface area contributed by atoms with E-state index in [4.69, 9.17) is 5.73 Å². The van der Waals surface area contributed by atoms with E-state index in [0.29, 0.717) is 18.5 Å². The maximum Gasteiger partial charge on any atom is 0.251 e. The highest BCUT2D eigenvalue weighted by Gasteiger charge is 2.19. The molecule has 3 heterocycles. The van der Waals surface area contributed by atoms with Crippen LogP contribution in [-0.2, 0) is 13.0 Å². The number of hydrogen-bond donors (Lipinski definition) is 2. The number of benzene rings is 2. The third kappa shape index (κ3) is 2.95. The summed E-state index contributed by atoms with van der Waals surface area (Å²) in [6, 6.07) is 17.4. The maximum absolute atomic E-state index is 11.8. The predicted molar refractivity (Wildman–Crippen MR) is 110 cm³/mol. The summed E-state index contributed by atoms with van der Waals surface area (Å²) in [5.41, 5.74) is 12.7. The van der Waals surface area contributed by atoms with Gasteiger partial charge in [0.1, 0.15) is 5.65 Å². The van der Waals surface area contributed by atoms with Crippen LogP contribution < -0.4 is 11.1 Å². The van der Waals surface area contributed by atoms with Gasteiger partial charge in [0, 0.05) is 36.5 Å². The number of hydrogen-bond acceptors (Lipinski definition) is 3. The molecular formula is C23H18N4O2. The number of aromatic nitrogens is 2. The van der Waals surface area contributed by atoms with E-state index >= 15 is 0 Å². The SMILES string of the molecule is NC(=O)c1ccc(Cc2ccc(-c3ccc4c(c3)CNC4=O)n3ccnc23)cc1. The van der Waals surface area contributed by atoms with Gasteiger partial charge < -0.3 is 11.1 Å². The number of carbonyl (C=O) groups excluding carboxylic acids is 2. The average molecular weight is 382 g/mol. The summed E-state index contributed by atoms with van der Waals surface area (Å²) < 4.78 is 2.07. The lowest BCUT2D eigenvalue weighted by molar-refractivity contribution is 0.0964. The summed E-state index contributed by atoms with van der Waals surface area (Å²) in [6.45, 7) is 0.564. The molecule has 6 heteroatoms.